The van der Waals surface area contributed by atoms with Crippen molar-refractivity contribution in [3.8, 4) is 0 Å². The summed E-state index contributed by atoms with van der Waals surface area (Å²) in [5, 5.41) is 0. The molecule has 2 saturated carbocycles. The van der Waals surface area contributed by atoms with E-state index in [1.165, 1.54) is 23.8 Å². The largest absolute Gasteiger partial charge is 0.433 e. The molecular weight excluding hydrogens is 333 g/mol. The monoisotopic (exact) mass is 356 g/mol. The third-order valence-electron chi connectivity index (χ3n) is 5.45. The van der Waals surface area contributed by atoms with Crippen LogP contribution in [0.4, 0.5) is 13.2 Å². The summed E-state index contributed by atoms with van der Waals surface area (Å²) in [5.41, 5.74) is 5.72. The van der Waals surface area contributed by atoms with Gasteiger partial charge in [0.15, 0.2) is 0 Å². The molecule has 1 aromatic heterocycles. The lowest BCUT2D eigenvalue weighted by molar-refractivity contribution is -0.139. The summed E-state index contributed by atoms with van der Waals surface area (Å²) < 4.78 is 44.6. The molecule has 4 nitrogen and oxygen atoms in total. The Hall–Kier alpha value is -1.92. The van der Waals surface area contributed by atoms with Crippen molar-refractivity contribution in [3.63, 3.8) is 0 Å². The molecule has 0 aliphatic heterocycles. The molecule has 2 N–H and O–H groups in total. The molecule has 25 heavy (non-hydrogen) atoms. The minimum atomic E-state index is -4.39. The Bertz CT molecular complexity index is 678. The number of rotatable bonds is 5. The van der Waals surface area contributed by atoms with E-state index in [0.29, 0.717) is 24.0 Å². The van der Waals surface area contributed by atoms with E-state index < -0.39 is 11.7 Å². The molecule has 0 aromatic carbocycles. The van der Waals surface area contributed by atoms with Crippen LogP contribution < -0.4 is 5.73 Å². The molecule has 3 atom stereocenters. The van der Waals surface area contributed by atoms with Gasteiger partial charge in [0, 0.05) is 18.3 Å². The molecule has 1 heterocycles. The van der Waals surface area contributed by atoms with E-state index in [1.807, 2.05) is 0 Å². The second kappa shape index (κ2) is 6.77. The average molecular weight is 356 g/mol. The number of nitrogens with zero attached hydrogens (tertiary/aromatic N) is 1. The van der Waals surface area contributed by atoms with Crippen LogP contribution in [0.3, 0.4) is 0 Å². The van der Waals surface area contributed by atoms with E-state index in [1.54, 1.807) is 6.92 Å². The van der Waals surface area contributed by atoms with Crippen LogP contribution in [0.5, 0.6) is 0 Å². The summed E-state index contributed by atoms with van der Waals surface area (Å²) in [7, 11) is 0. The van der Waals surface area contributed by atoms with Gasteiger partial charge in [0.1, 0.15) is 6.26 Å². The van der Waals surface area contributed by atoms with Gasteiger partial charge in [-0.2, -0.15) is 13.2 Å². The number of hydrogen-bond donors (Lipinski definition) is 1. The van der Waals surface area contributed by atoms with Crippen molar-refractivity contribution in [3.05, 3.63) is 35.5 Å². The predicted molar refractivity (Wildman–Crippen MR) is 86.1 cm³/mol. The number of carbonyl (C=O) groups is 1. The topological polar surface area (TPSA) is 57.2 Å². The number of allylic oxidation sites excluding steroid dienone is 1. The number of nitrogens with two attached hydrogens (primary N) is 1. The summed E-state index contributed by atoms with van der Waals surface area (Å²) in [6, 6.07) is 1.06. The van der Waals surface area contributed by atoms with Gasteiger partial charge in [0.05, 0.1) is 17.8 Å². The van der Waals surface area contributed by atoms with Crippen LogP contribution in [0.25, 0.3) is 0 Å². The van der Waals surface area contributed by atoms with Crippen LogP contribution in [-0.2, 0) is 22.3 Å². The van der Waals surface area contributed by atoms with Gasteiger partial charge in [-0.1, -0.05) is 6.42 Å². The summed E-state index contributed by atoms with van der Waals surface area (Å²) >= 11 is 0. The van der Waals surface area contributed by atoms with Crippen LogP contribution >= 0.6 is 0 Å². The lowest BCUT2D eigenvalue weighted by Gasteiger charge is -2.20. The Kier molecular flexibility index (Phi) is 4.84. The van der Waals surface area contributed by atoms with Crippen molar-refractivity contribution in [1.29, 1.82) is 0 Å². The number of carbonyl (C=O) groups excluding carboxylic acids is 1. The Morgan fingerprint density at radius 3 is 2.72 bits per heavy atom. The highest BCUT2D eigenvalue weighted by molar-refractivity contribution is 5.70. The SMILES string of the molecule is Cc1cc(C(F)(F)F)cn1C/C(N)=C/OC(=O)CC1CC2CCC1C2. The minimum Gasteiger partial charge on any atom is -0.433 e. The lowest BCUT2D eigenvalue weighted by Crippen LogP contribution is -2.16. The van der Waals surface area contributed by atoms with Gasteiger partial charge in [0.25, 0.3) is 0 Å². The maximum absolute atomic E-state index is 12.7. The van der Waals surface area contributed by atoms with Gasteiger partial charge in [0.2, 0.25) is 0 Å². The van der Waals surface area contributed by atoms with Crippen molar-refractivity contribution in [2.45, 2.75) is 51.7 Å². The smallest absolute Gasteiger partial charge is 0.417 e. The van der Waals surface area contributed by atoms with Gasteiger partial charge in [-0.05, 0) is 50.0 Å². The van der Waals surface area contributed by atoms with Crippen molar-refractivity contribution in [2.24, 2.45) is 23.5 Å². The van der Waals surface area contributed by atoms with Crippen molar-refractivity contribution in [1.82, 2.24) is 4.57 Å². The van der Waals surface area contributed by atoms with Crippen molar-refractivity contribution < 1.29 is 22.7 Å². The summed E-state index contributed by atoms with van der Waals surface area (Å²) in [6.45, 7) is 1.62. The number of ether oxygens (including phenoxy) is 1. The Morgan fingerprint density at radius 2 is 2.16 bits per heavy atom. The van der Waals surface area contributed by atoms with E-state index in [4.69, 9.17) is 10.5 Å². The van der Waals surface area contributed by atoms with E-state index in [9.17, 15) is 18.0 Å². The number of aromatic nitrogens is 1. The second-order valence-electron chi connectivity index (χ2n) is 7.32. The first-order valence-corrected chi connectivity index (χ1v) is 8.60. The Morgan fingerprint density at radius 1 is 1.40 bits per heavy atom. The third kappa shape index (κ3) is 4.19. The van der Waals surface area contributed by atoms with E-state index >= 15 is 0 Å². The van der Waals surface area contributed by atoms with Gasteiger partial charge in [-0.3, -0.25) is 4.79 Å². The van der Waals surface area contributed by atoms with E-state index in [2.05, 4.69) is 0 Å². The first-order valence-electron chi connectivity index (χ1n) is 8.60. The fraction of sp³-hybridized carbons (Fsp3) is 0.611. The molecule has 0 spiro atoms. The maximum atomic E-state index is 12.7. The predicted octanol–water partition coefficient (Wildman–Crippen LogP) is 3.98. The number of fused-ring (bicyclic) bond motifs is 2. The van der Waals surface area contributed by atoms with Crippen LogP contribution in [-0.4, -0.2) is 10.5 Å². The summed E-state index contributed by atoms with van der Waals surface area (Å²) in [5.74, 6) is 1.49. The minimum absolute atomic E-state index is 0.0450. The zero-order valence-electron chi connectivity index (χ0n) is 14.2. The molecule has 0 amide bonds. The van der Waals surface area contributed by atoms with Gasteiger partial charge < -0.3 is 15.0 Å². The molecule has 0 saturated heterocycles. The molecule has 3 rings (SSSR count). The quantitative estimate of drug-likeness (QED) is 0.641. The maximum Gasteiger partial charge on any atom is 0.417 e. The molecule has 2 bridgehead atoms. The third-order valence-corrected chi connectivity index (χ3v) is 5.45. The molecule has 7 heteroatoms. The fourth-order valence-electron chi connectivity index (χ4n) is 4.20. The lowest BCUT2D eigenvalue weighted by atomic mass is 9.86. The highest BCUT2D eigenvalue weighted by atomic mass is 19.4. The van der Waals surface area contributed by atoms with Crippen molar-refractivity contribution >= 4 is 5.97 Å². The van der Waals surface area contributed by atoms with Crippen LogP contribution in [0.2, 0.25) is 0 Å². The summed E-state index contributed by atoms with van der Waals surface area (Å²) in [4.78, 5) is 12.0. The molecule has 2 aliphatic carbocycles. The molecule has 2 aliphatic rings. The highest BCUT2D eigenvalue weighted by Crippen LogP contribution is 2.49. The molecule has 3 unspecified atom stereocenters. The van der Waals surface area contributed by atoms with Crippen LogP contribution in [0.15, 0.2) is 24.2 Å². The first kappa shape index (κ1) is 17.9. The number of hydrogen-bond acceptors (Lipinski definition) is 3. The fourth-order valence-corrected chi connectivity index (χ4v) is 4.20. The van der Waals surface area contributed by atoms with Crippen molar-refractivity contribution in [2.75, 3.05) is 0 Å². The standard InChI is InChI=1S/C18H23F3N2O2/c1-11-4-15(18(19,20)21)8-23(11)9-16(22)10-25-17(24)7-14-6-12-2-3-13(14)5-12/h4,8,10,12-14H,2-3,5-7,9,22H2,1H3/b16-10-. The first-order chi connectivity index (χ1) is 11.7. The van der Waals surface area contributed by atoms with E-state index in [-0.39, 0.29) is 18.2 Å². The summed E-state index contributed by atoms with van der Waals surface area (Å²) in [6.07, 6.45) is 2.98. The number of aryl methyl sites for hydroxylation is 1. The van der Waals surface area contributed by atoms with Gasteiger partial charge in [-0.15, -0.1) is 0 Å². The molecule has 2 fully saturated rings. The zero-order valence-corrected chi connectivity index (χ0v) is 14.2. The van der Waals surface area contributed by atoms with Crippen LogP contribution in [0.1, 0.15) is 43.4 Å². The molecule has 0 radical (unpaired) electrons. The average Bonchev–Trinajstić information content (AvgIpc) is 3.21. The number of halogens is 3. The van der Waals surface area contributed by atoms with E-state index in [0.717, 1.165) is 30.9 Å². The molecule has 138 valence electrons. The Balaban J connectivity index is 1.52. The second-order valence-corrected chi connectivity index (χ2v) is 7.32. The number of alkyl halides is 3. The molecule has 1 aromatic rings. The molecular formula is C18H23F3N2O2. The highest BCUT2D eigenvalue weighted by Gasteiger charge is 2.40. The van der Waals surface area contributed by atoms with Gasteiger partial charge in [-0.25, -0.2) is 0 Å². The number of esters is 1. The normalized spacial score (nSPS) is 26.2. The zero-order chi connectivity index (χ0) is 18.2. The van der Waals surface area contributed by atoms with Gasteiger partial charge >= 0.3 is 12.1 Å². The van der Waals surface area contributed by atoms with Crippen LogP contribution in [0, 0.1) is 24.7 Å². The Labute approximate surface area is 144 Å².